The normalized spacial score (nSPS) is 18.3. The monoisotopic (exact) mass is 439 g/mol. The minimum Gasteiger partial charge on any atom is -0.355 e. The molecule has 1 aliphatic heterocycles. The molecule has 1 unspecified atom stereocenters. The van der Waals surface area contributed by atoms with Crippen LogP contribution in [0.4, 0.5) is 32.2 Å². The molecule has 2 aromatic rings. The third-order valence-corrected chi connectivity index (χ3v) is 5.97. The summed E-state index contributed by atoms with van der Waals surface area (Å²) < 4.78 is 104. The highest BCUT2D eigenvalue weighted by molar-refractivity contribution is 7.89. The van der Waals surface area contributed by atoms with Gasteiger partial charge >= 0.3 is 12.4 Å². The summed E-state index contributed by atoms with van der Waals surface area (Å²) in [4.78, 5) is 4.42. The minimum absolute atomic E-state index is 0.0613. The number of rotatable bonds is 4. The lowest BCUT2D eigenvalue weighted by atomic mass is 10.2. The predicted octanol–water partition coefficient (Wildman–Crippen LogP) is 3.68. The molecule has 0 amide bonds. The number of nitrogens with one attached hydrogen (secondary N) is 1. The molecule has 0 saturated carbocycles. The van der Waals surface area contributed by atoms with E-state index in [0.717, 1.165) is 18.2 Å². The number of anilines is 1. The highest BCUT2D eigenvalue weighted by Gasteiger charge is 2.38. The van der Waals surface area contributed by atoms with Crippen LogP contribution in [0.2, 0.25) is 0 Å². The van der Waals surface area contributed by atoms with E-state index < -0.39 is 44.4 Å². The van der Waals surface area contributed by atoms with Gasteiger partial charge < -0.3 is 4.90 Å². The van der Waals surface area contributed by atoms with Crippen molar-refractivity contribution < 1.29 is 34.8 Å². The number of hydrogen-bond acceptors (Lipinski definition) is 4. The van der Waals surface area contributed by atoms with Crippen LogP contribution in [-0.2, 0) is 22.4 Å². The zero-order chi connectivity index (χ0) is 21.4. The molecule has 1 atom stereocenters. The largest absolute Gasteiger partial charge is 0.417 e. The summed E-state index contributed by atoms with van der Waals surface area (Å²) in [5.41, 5.74) is -2.19. The number of benzene rings is 1. The number of hydrogen-bond donors (Lipinski definition) is 1. The van der Waals surface area contributed by atoms with Gasteiger partial charge in [0.2, 0.25) is 10.0 Å². The van der Waals surface area contributed by atoms with Crippen molar-refractivity contribution in [3.63, 3.8) is 0 Å². The molecule has 1 aliphatic rings. The van der Waals surface area contributed by atoms with Crippen LogP contribution in [0.3, 0.4) is 0 Å². The van der Waals surface area contributed by atoms with Gasteiger partial charge in [0.25, 0.3) is 0 Å². The Hall–Kier alpha value is -2.34. The first kappa shape index (κ1) is 21.4. The third kappa shape index (κ3) is 4.81. The van der Waals surface area contributed by atoms with E-state index in [9.17, 15) is 34.8 Å². The molecule has 2 heterocycles. The van der Waals surface area contributed by atoms with Crippen LogP contribution in [0.25, 0.3) is 0 Å². The van der Waals surface area contributed by atoms with Crippen LogP contribution < -0.4 is 9.62 Å². The number of nitrogens with zero attached hydrogens (tertiary/aromatic N) is 2. The second-order valence-electron chi connectivity index (χ2n) is 6.45. The smallest absolute Gasteiger partial charge is 0.355 e. The second-order valence-corrected chi connectivity index (χ2v) is 8.13. The lowest BCUT2D eigenvalue weighted by Gasteiger charge is -2.19. The van der Waals surface area contributed by atoms with E-state index in [1.807, 2.05) is 0 Å². The van der Waals surface area contributed by atoms with E-state index in [0.29, 0.717) is 12.3 Å². The average Bonchev–Trinajstić information content (AvgIpc) is 3.08. The fraction of sp³-hybridized carbons (Fsp3) is 0.353. The maximum atomic E-state index is 13.1. The summed E-state index contributed by atoms with van der Waals surface area (Å²) in [7, 11) is -4.46. The number of pyridine rings is 1. The van der Waals surface area contributed by atoms with Crippen LogP contribution in [0, 0.1) is 0 Å². The highest BCUT2D eigenvalue weighted by atomic mass is 32.2. The van der Waals surface area contributed by atoms with E-state index in [4.69, 9.17) is 0 Å². The van der Waals surface area contributed by atoms with Gasteiger partial charge in [-0.25, -0.2) is 18.1 Å². The maximum Gasteiger partial charge on any atom is 0.417 e. The van der Waals surface area contributed by atoms with Crippen molar-refractivity contribution in [2.45, 2.75) is 29.7 Å². The minimum atomic E-state index is -4.84. The first-order valence-electron chi connectivity index (χ1n) is 8.35. The Bertz CT molecular complexity index is 974. The molecule has 12 heteroatoms. The van der Waals surface area contributed by atoms with Gasteiger partial charge in [0.15, 0.2) is 0 Å². The zero-order valence-electron chi connectivity index (χ0n) is 14.6. The lowest BCUT2D eigenvalue weighted by Crippen LogP contribution is -2.38. The fourth-order valence-corrected chi connectivity index (χ4v) is 4.51. The molecule has 0 spiro atoms. The van der Waals surface area contributed by atoms with Gasteiger partial charge in [-0.1, -0.05) is 12.1 Å². The van der Waals surface area contributed by atoms with Crippen LogP contribution >= 0.6 is 0 Å². The summed E-state index contributed by atoms with van der Waals surface area (Å²) in [5.74, 6) is 0.218. The Labute approximate surface area is 162 Å². The van der Waals surface area contributed by atoms with Gasteiger partial charge in [-0.2, -0.15) is 26.3 Å². The number of aromatic nitrogens is 1. The van der Waals surface area contributed by atoms with Crippen molar-refractivity contribution in [1.82, 2.24) is 9.71 Å². The van der Waals surface area contributed by atoms with E-state index in [2.05, 4.69) is 9.71 Å². The molecule has 1 aromatic heterocycles. The third-order valence-electron chi connectivity index (χ3n) is 4.39. The molecule has 1 saturated heterocycles. The Kier molecular flexibility index (Phi) is 5.52. The molecule has 0 aliphatic carbocycles. The topological polar surface area (TPSA) is 62.3 Å². The van der Waals surface area contributed by atoms with E-state index in [1.54, 1.807) is 4.90 Å². The fourth-order valence-electron chi connectivity index (χ4n) is 3.02. The van der Waals surface area contributed by atoms with Gasteiger partial charge in [-0.15, -0.1) is 0 Å². The standard InChI is InChI=1S/C17H15F6N3O2S/c18-16(19,20)11-5-6-15(24-9-11)26-8-7-12(10-26)25-29(27,28)14-4-2-1-3-13(14)17(21,22)23/h1-6,9,12,25H,7-8,10H2. The van der Waals surface area contributed by atoms with Crippen molar-refractivity contribution in [1.29, 1.82) is 0 Å². The number of alkyl halides is 6. The molecular weight excluding hydrogens is 424 g/mol. The molecule has 29 heavy (non-hydrogen) atoms. The second kappa shape index (κ2) is 7.48. The lowest BCUT2D eigenvalue weighted by molar-refractivity contribution is -0.140. The molecule has 3 rings (SSSR count). The Balaban J connectivity index is 1.73. The van der Waals surface area contributed by atoms with Gasteiger partial charge in [0.1, 0.15) is 5.82 Å². The summed E-state index contributed by atoms with van der Waals surface area (Å²) >= 11 is 0. The summed E-state index contributed by atoms with van der Waals surface area (Å²) in [6, 6.07) is 5.15. The molecule has 0 bridgehead atoms. The SMILES string of the molecule is O=S(=O)(NC1CCN(c2ccc(C(F)(F)F)cn2)C1)c1ccccc1C(F)(F)F. The van der Waals surface area contributed by atoms with Crippen molar-refractivity contribution in [2.24, 2.45) is 0 Å². The van der Waals surface area contributed by atoms with Crippen molar-refractivity contribution in [3.8, 4) is 0 Å². The quantitative estimate of drug-likeness (QED) is 0.739. The van der Waals surface area contributed by atoms with Crippen molar-refractivity contribution in [2.75, 3.05) is 18.0 Å². The maximum absolute atomic E-state index is 13.1. The van der Waals surface area contributed by atoms with Gasteiger partial charge in [0.05, 0.1) is 16.0 Å². The zero-order valence-corrected chi connectivity index (χ0v) is 15.4. The summed E-state index contributed by atoms with van der Waals surface area (Å²) in [6.07, 6.45) is -8.43. The number of sulfonamides is 1. The first-order valence-corrected chi connectivity index (χ1v) is 9.83. The first-order chi connectivity index (χ1) is 13.4. The van der Waals surface area contributed by atoms with Gasteiger partial charge in [-0.05, 0) is 30.7 Å². The Morgan fingerprint density at radius 1 is 1.00 bits per heavy atom. The van der Waals surface area contributed by atoms with Crippen LogP contribution in [0.15, 0.2) is 47.5 Å². The Morgan fingerprint density at radius 3 is 2.28 bits per heavy atom. The molecule has 158 valence electrons. The summed E-state index contributed by atoms with van der Waals surface area (Å²) in [6.45, 7) is 0.345. The molecule has 0 radical (unpaired) electrons. The molecule has 1 aromatic carbocycles. The molecular formula is C17H15F6N3O2S. The van der Waals surface area contributed by atoms with Gasteiger partial charge in [-0.3, -0.25) is 0 Å². The number of halogens is 6. The van der Waals surface area contributed by atoms with E-state index in [-0.39, 0.29) is 25.3 Å². The van der Waals surface area contributed by atoms with Gasteiger partial charge in [0, 0.05) is 25.3 Å². The Morgan fingerprint density at radius 2 is 1.69 bits per heavy atom. The molecule has 5 nitrogen and oxygen atoms in total. The highest BCUT2D eigenvalue weighted by Crippen LogP contribution is 2.34. The van der Waals surface area contributed by atoms with E-state index >= 15 is 0 Å². The molecule has 1 N–H and O–H groups in total. The van der Waals surface area contributed by atoms with Crippen LogP contribution in [0.1, 0.15) is 17.5 Å². The molecule has 1 fully saturated rings. The van der Waals surface area contributed by atoms with Crippen LogP contribution in [0.5, 0.6) is 0 Å². The average molecular weight is 439 g/mol. The van der Waals surface area contributed by atoms with Crippen molar-refractivity contribution >= 4 is 15.8 Å². The van der Waals surface area contributed by atoms with Crippen LogP contribution in [-0.4, -0.2) is 32.5 Å². The van der Waals surface area contributed by atoms with Crippen molar-refractivity contribution in [3.05, 3.63) is 53.7 Å². The predicted molar refractivity (Wildman–Crippen MR) is 91.6 cm³/mol. The van der Waals surface area contributed by atoms with E-state index in [1.165, 1.54) is 12.1 Å². The summed E-state index contributed by atoms with van der Waals surface area (Å²) in [5, 5.41) is 0.